The standard InChI is InChI=1S/C14H24FNO3/c1-9(2)11(17)14(6)7-10(15)8-16(14)12(18)19-13(3,4)5/h9-10H,7-8H2,1-6H3/t10-,14+/m0/s1. The highest BCUT2D eigenvalue weighted by Gasteiger charge is 2.51. The fourth-order valence-electron chi connectivity index (χ4n) is 2.45. The molecule has 0 aliphatic carbocycles. The fourth-order valence-corrected chi connectivity index (χ4v) is 2.45. The van der Waals surface area contributed by atoms with Crippen molar-refractivity contribution < 1.29 is 18.7 Å². The van der Waals surface area contributed by atoms with Gasteiger partial charge in [0.2, 0.25) is 0 Å². The maximum atomic E-state index is 13.7. The van der Waals surface area contributed by atoms with Crippen molar-refractivity contribution in [1.82, 2.24) is 4.90 Å². The normalized spacial score (nSPS) is 27.8. The van der Waals surface area contributed by atoms with Crippen molar-refractivity contribution in [3.8, 4) is 0 Å². The van der Waals surface area contributed by atoms with E-state index in [1.165, 1.54) is 4.90 Å². The molecule has 1 fully saturated rings. The highest BCUT2D eigenvalue weighted by molar-refractivity contribution is 5.93. The number of likely N-dealkylation sites (tertiary alicyclic amines) is 1. The third kappa shape index (κ3) is 3.45. The second-order valence-electron chi connectivity index (χ2n) is 6.69. The van der Waals surface area contributed by atoms with E-state index in [2.05, 4.69) is 0 Å². The van der Waals surface area contributed by atoms with Crippen molar-refractivity contribution in [3.63, 3.8) is 0 Å². The van der Waals surface area contributed by atoms with E-state index in [0.29, 0.717) is 0 Å². The maximum Gasteiger partial charge on any atom is 0.411 e. The first-order chi connectivity index (χ1) is 8.47. The minimum absolute atomic E-state index is 0.0449. The molecule has 5 heteroatoms. The zero-order chi connectivity index (χ0) is 15.0. The topological polar surface area (TPSA) is 46.6 Å². The number of hydrogen-bond acceptors (Lipinski definition) is 3. The summed E-state index contributed by atoms with van der Waals surface area (Å²) in [4.78, 5) is 25.7. The average molecular weight is 273 g/mol. The molecule has 0 N–H and O–H groups in total. The Balaban J connectivity index is 2.97. The molecule has 0 radical (unpaired) electrons. The minimum Gasteiger partial charge on any atom is -0.444 e. The monoisotopic (exact) mass is 273 g/mol. The summed E-state index contributed by atoms with van der Waals surface area (Å²) in [6.07, 6.45) is -1.76. The number of ether oxygens (including phenoxy) is 1. The number of carbonyl (C=O) groups excluding carboxylic acids is 2. The van der Waals surface area contributed by atoms with Crippen molar-refractivity contribution in [2.24, 2.45) is 5.92 Å². The van der Waals surface area contributed by atoms with Gasteiger partial charge in [-0.25, -0.2) is 9.18 Å². The van der Waals surface area contributed by atoms with Crippen LogP contribution in [0.1, 0.15) is 48.0 Å². The zero-order valence-electron chi connectivity index (χ0n) is 12.6. The second-order valence-corrected chi connectivity index (χ2v) is 6.69. The van der Waals surface area contributed by atoms with Crippen LogP contribution in [0.4, 0.5) is 9.18 Å². The fraction of sp³-hybridized carbons (Fsp3) is 0.857. The second kappa shape index (κ2) is 5.10. The van der Waals surface area contributed by atoms with Gasteiger partial charge in [0.1, 0.15) is 17.3 Å². The molecule has 1 aliphatic rings. The molecular weight excluding hydrogens is 249 g/mol. The van der Waals surface area contributed by atoms with Crippen LogP contribution in [0.3, 0.4) is 0 Å². The summed E-state index contributed by atoms with van der Waals surface area (Å²) in [5.41, 5.74) is -1.76. The van der Waals surface area contributed by atoms with Crippen LogP contribution < -0.4 is 0 Å². The van der Waals surface area contributed by atoms with Gasteiger partial charge in [-0.3, -0.25) is 9.69 Å². The van der Waals surface area contributed by atoms with Crippen LogP contribution in [0.2, 0.25) is 0 Å². The molecule has 2 atom stereocenters. The first-order valence-corrected chi connectivity index (χ1v) is 6.66. The van der Waals surface area contributed by atoms with Gasteiger partial charge in [-0.2, -0.15) is 0 Å². The third-order valence-electron chi connectivity index (χ3n) is 3.26. The molecule has 1 aliphatic heterocycles. The van der Waals surface area contributed by atoms with Crippen LogP contribution in [0.5, 0.6) is 0 Å². The number of ketones is 1. The number of hydrogen-bond donors (Lipinski definition) is 0. The van der Waals surface area contributed by atoms with E-state index in [1.807, 2.05) is 0 Å². The third-order valence-corrected chi connectivity index (χ3v) is 3.26. The summed E-state index contributed by atoms with van der Waals surface area (Å²) in [7, 11) is 0. The molecule has 19 heavy (non-hydrogen) atoms. The van der Waals surface area contributed by atoms with Gasteiger partial charge < -0.3 is 4.74 Å². The van der Waals surface area contributed by atoms with E-state index in [4.69, 9.17) is 4.74 Å². The molecule has 1 amide bonds. The van der Waals surface area contributed by atoms with Gasteiger partial charge in [-0.1, -0.05) is 13.8 Å². The van der Waals surface area contributed by atoms with Gasteiger partial charge in [0, 0.05) is 12.3 Å². The first kappa shape index (κ1) is 15.9. The largest absolute Gasteiger partial charge is 0.444 e. The Hall–Kier alpha value is -1.13. The minimum atomic E-state index is -1.18. The van der Waals surface area contributed by atoms with E-state index in [1.54, 1.807) is 41.5 Å². The Bertz CT molecular complexity index is 375. The predicted octanol–water partition coefficient (Wildman–Crippen LogP) is 2.95. The highest BCUT2D eigenvalue weighted by Crippen LogP contribution is 2.35. The molecule has 0 aromatic heterocycles. The molecule has 0 unspecified atom stereocenters. The SMILES string of the molecule is CC(C)C(=O)[C@@]1(C)C[C@H](F)CN1C(=O)OC(C)(C)C. The molecule has 1 heterocycles. The van der Waals surface area contributed by atoms with E-state index >= 15 is 0 Å². The molecule has 0 aromatic carbocycles. The van der Waals surface area contributed by atoms with Crippen LogP contribution in [0.15, 0.2) is 0 Å². The smallest absolute Gasteiger partial charge is 0.411 e. The summed E-state index contributed by atoms with van der Waals surface area (Å²) in [5.74, 6) is -0.376. The number of nitrogens with zero attached hydrogens (tertiary/aromatic N) is 1. The predicted molar refractivity (Wildman–Crippen MR) is 70.7 cm³/mol. The lowest BCUT2D eigenvalue weighted by Crippen LogP contribution is -2.53. The van der Waals surface area contributed by atoms with Crippen molar-refractivity contribution in [3.05, 3.63) is 0 Å². The highest BCUT2D eigenvalue weighted by atomic mass is 19.1. The van der Waals surface area contributed by atoms with Crippen molar-refractivity contribution >= 4 is 11.9 Å². The molecule has 1 rings (SSSR count). The zero-order valence-corrected chi connectivity index (χ0v) is 12.6. The summed E-state index contributed by atoms with van der Waals surface area (Å²) in [5, 5.41) is 0. The Kier molecular flexibility index (Phi) is 4.27. The molecule has 4 nitrogen and oxygen atoms in total. The van der Waals surface area contributed by atoms with E-state index in [9.17, 15) is 14.0 Å². The summed E-state index contributed by atoms with van der Waals surface area (Å²) in [6.45, 7) is 10.3. The van der Waals surface area contributed by atoms with Gasteiger partial charge in [0.15, 0.2) is 5.78 Å². The number of Topliss-reactive ketones (excluding diaryl/α,β-unsaturated/α-hetero) is 1. The maximum absolute atomic E-state index is 13.7. The van der Waals surface area contributed by atoms with Gasteiger partial charge in [0.05, 0.1) is 6.54 Å². The van der Waals surface area contributed by atoms with Gasteiger partial charge in [-0.05, 0) is 27.7 Å². The van der Waals surface area contributed by atoms with Crippen molar-refractivity contribution in [2.45, 2.75) is 65.3 Å². The Morgan fingerprint density at radius 3 is 2.32 bits per heavy atom. The lowest BCUT2D eigenvalue weighted by molar-refractivity contribution is -0.131. The Morgan fingerprint density at radius 1 is 1.37 bits per heavy atom. The van der Waals surface area contributed by atoms with Crippen LogP contribution in [-0.2, 0) is 9.53 Å². The lowest BCUT2D eigenvalue weighted by atomic mass is 9.86. The number of halogens is 1. The van der Waals surface area contributed by atoms with Crippen molar-refractivity contribution in [2.75, 3.05) is 6.54 Å². The van der Waals surface area contributed by atoms with Crippen LogP contribution in [-0.4, -0.2) is 40.6 Å². The van der Waals surface area contributed by atoms with Gasteiger partial charge in [0.25, 0.3) is 0 Å². The van der Waals surface area contributed by atoms with Gasteiger partial charge in [-0.15, -0.1) is 0 Å². The summed E-state index contributed by atoms with van der Waals surface area (Å²) >= 11 is 0. The van der Waals surface area contributed by atoms with Gasteiger partial charge >= 0.3 is 6.09 Å². The molecule has 0 spiro atoms. The number of carbonyl (C=O) groups is 2. The quantitative estimate of drug-likeness (QED) is 0.777. The molecule has 0 aromatic rings. The number of alkyl halides is 1. The molecule has 110 valence electrons. The first-order valence-electron chi connectivity index (χ1n) is 6.66. The molecular formula is C14H24FNO3. The number of amides is 1. The summed E-state index contributed by atoms with van der Waals surface area (Å²) < 4.78 is 18.9. The van der Waals surface area contributed by atoms with E-state index in [-0.39, 0.29) is 24.7 Å². The molecule has 0 bridgehead atoms. The Morgan fingerprint density at radius 2 is 1.89 bits per heavy atom. The van der Waals surface area contributed by atoms with E-state index in [0.717, 1.165) is 0 Å². The molecule has 1 saturated heterocycles. The van der Waals surface area contributed by atoms with Crippen LogP contribution in [0, 0.1) is 5.92 Å². The Labute approximate surface area is 114 Å². The number of rotatable bonds is 2. The summed E-state index contributed by atoms with van der Waals surface area (Å²) in [6, 6.07) is 0. The van der Waals surface area contributed by atoms with Crippen molar-refractivity contribution in [1.29, 1.82) is 0 Å². The lowest BCUT2D eigenvalue weighted by Gasteiger charge is -2.35. The van der Waals surface area contributed by atoms with Crippen LogP contribution in [0.25, 0.3) is 0 Å². The van der Waals surface area contributed by atoms with E-state index < -0.39 is 23.4 Å². The average Bonchev–Trinajstić information content (AvgIpc) is 2.51. The molecule has 0 saturated carbocycles. The van der Waals surface area contributed by atoms with Crippen LogP contribution >= 0.6 is 0 Å².